The molecule has 0 aromatic rings. The Balaban J connectivity index is 3.97. The van der Waals surface area contributed by atoms with Gasteiger partial charge in [0, 0.05) is 13.1 Å². The van der Waals surface area contributed by atoms with Gasteiger partial charge in [-0.1, -0.05) is 12.2 Å². The molecule has 0 aliphatic heterocycles. The van der Waals surface area contributed by atoms with Crippen LogP contribution in [0.2, 0.25) is 0 Å². The van der Waals surface area contributed by atoms with Crippen LogP contribution in [0.1, 0.15) is 27.7 Å². The minimum absolute atomic E-state index is 0.184. The van der Waals surface area contributed by atoms with Crippen molar-refractivity contribution < 1.29 is 8.42 Å². The maximum absolute atomic E-state index is 11.6. The number of sulfone groups is 1. The maximum atomic E-state index is 11.6. The van der Waals surface area contributed by atoms with Gasteiger partial charge in [0.15, 0.2) is 9.84 Å². The van der Waals surface area contributed by atoms with Crippen molar-refractivity contribution in [1.82, 2.24) is 5.32 Å². The molecule has 84 valence electrons. The van der Waals surface area contributed by atoms with Gasteiger partial charge in [-0.2, -0.15) is 0 Å². The van der Waals surface area contributed by atoms with Crippen LogP contribution in [-0.4, -0.2) is 32.0 Å². The first-order valence-electron chi connectivity index (χ1n) is 4.74. The maximum Gasteiger partial charge on any atom is 0.156 e. The lowest BCUT2D eigenvalue weighted by Crippen LogP contribution is -2.35. The van der Waals surface area contributed by atoms with E-state index in [4.69, 9.17) is 0 Å². The van der Waals surface area contributed by atoms with Crippen LogP contribution < -0.4 is 5.32 Å². The zero-order chi connectivity index (χ0) is 11.4. The predicted octanol–water partition coefficient (Wildman–Crippen LogP) is 1.37. The predicted molar refractivity (Wildman–Crippen MR) is 61.2 cm³/mol. The first kappa shape index (κ1) is 13.7. The Morgan fingerprint density at radius 2 is 1.86 bits per heavy atom. The van der Waals surface area contributed by atoms with Gasteiger partial charge in [-0.25, -0.2) is 8.42 Å². The standard InChI is InChI=1S/C10H21NO2S/c1-9(2)8-11-6-7-14(12,13)10(3,4)5/h11H,1,6-8H2,2-5H3. The van der Waals surface area contributed by atoms with Gasteiger partial charge in [0.05, 0.1) is 10.5 Å². The quantitative estimate of drug-likeness (QED) is 0.561. The monoisotopic (exact) mass is 219 g/mol. The van der Waals surface area contributed by atoms with Gasteiger partial charge in [0.25, 0.3) is 0 Å². The summed E-state index contributed by atoms with van der Waals surface area (Å²) in [5.74, 6) is 0.184. The number of hydrogen-bond acceptors (Lipinski definition) is 3. The number of rotatable bonds is 5. The summed E-state index contributed by atoms with van der Waals surface area (Å²) in [5.41, 5.74) is 1.01. The third-order valence-corrected chi connectivity index (χ3v) is 4.51. The van der Waals surface area contributed by atoms with Crippen LogP contribution >= 0.6 is 0 Å². The molecule has 0 spiro atoms. The molecular formula is C10H21NO2S. The van der Waals surface area contributed by atoms with Crippen LogP contribution in [0, 0.1) is 0 Å². The van der Waals surface area contributed by atoms with Gasteiger partial charge in [-0.15, -0.1) is 0 Å². The van der Waals surface area contributed by atoms with Crippen molar-refractivity contribution in [2.75, 3.05) is 18.8 Å². The molecule has 1 N–H and O–H groups in total. The normalized spacial score (nSPS) is 12.9. The van der Waals surface area contributed by atoms with Gasteiger partial charge in [-0.05, 0) is 27.7 Å². The van der Waals surface area contributed by atoms with Gasteiger partial charge < -0.3 is 5.32 Å². The molecule has 4 heteroatoms. The SMILES string of the molecule is C=C(C)CNCCS(=O)(=O)C(C)(C)C. The average molecular weight is 219 g/mol. The Hall–Kier alpha value is -0.350. The Morgan fingerprint density at radius 3 is 2.21 bits per heavy atom. The highest BCUT2D eigenvalue weighted by Crippen LogP contribution is 2.15. The molecule has 0 bridgehead atoms. The molecule has 0 heterocycles. The van der Waals surface area contributed by atoms with Crippen LogP contribution in [0.15, 0.2) is 12.2 Å². The van der Waals surface area contributed by atoms with Crippen molar-refractivity contribution in [2.24, 2.45) is 0 Å². The molecule has 0 aromatic heterocycles. The molecule has 0 rings (SSSR count). The lowest BCUT2D eigenvalue weighted by Gasteiger charge is -2.19. The topological polar surface area (TPSA) is 46.2 Å². The molecular weight excluding hydrogens is 198 g/mol. The molecule has 0 fully saturated rings. The first-order valence-corrected chi connectivity index (χ1v) is 6.39. The zero-order valence-electron chi connectivity index (χ0n) is 9.55. The summed E-state index contributed by atoms with van der Waals surface area (Å²) in [7, 11) is -2.99. The molecule has 3 nitrogen and oxygen atoms in total. The molecule has 0 unspecified atom stereocenters. The van der Waals surface area contributed by atoms with E-state index in [2.05, 4.69) is 11.9 Å². The van der Waals surface area contributed by atoms with Crippen LogP contribution in [-0.2, 0) is 9.84 Å². The van der Waals surface area contributed by atoms with E-state index in [9.17, 15) is 8.42 Å². The van der Waals surface area contributed by atoms with Crippen LogP contribution in [0.5, 0.6) is 0 Å². The highest BCUT2D eigenvalue weighted by atomic mass is 32.2. The van der Waals surface area contributed by atoms with Crippen molar-refractivity contribution in [3.63, 3.8) is 0 Å². The van der Waals surface area contributed by atoms with Gasteiger partial charge in [0.2, 0.25) is 0 Å². The van der Waals surface area contributed by atoms with Gasteiger partial charge in [-0.3, -0.25) is 0 Å². The van der Waals surface area contributed by atoms with Crippen LogP contribution in [0.25, 0.3) is 0 Å². The van der Waals surface area contributed by atoms with Crippen molar-refractivity contribution in [1.29, 1.82) is 0 Å². The Bertz CT molecular complexity index is 286. The van der Waals surface area contributed by atoms with E-state index in [-0.39, 0.29) is 5.75 Å². The summed E-state index contributed by atoms with van der Waals surface area (Å²) in [6.45, 7) is 12.0. The Morgan fingerprint density at radius 1 is 1.36 bits per heavy atom. The second kappa shape index (κ2) is 4.94. The molecule has 14 heavy (non-hydrogen) atoms. The van der Waals surface area contributed by atoms with E-state index in [1.165, 1.54) is 0 Å². The average Bonchev–Trinajstić information content (AvgIpc) is 1.95. The summed E-state index contributed by atoms with van der Waals surface area (Å²) >= 11 is 0. The summed E-state index contributed by atoms with van der Waals surface area (Å²) in [6, 6.07) is 0. The largest absolute Gasteiger partial charge is 0.312 e. The molecule has 0 aliphatic rings. The first-order chi connectivity index (χ1) is 6.17. The van der Waals surface area contributed by atoms with E-state index >= 15 is 0 Å². The molecule has 0 aromatic carbocycles. The zero-order valence-corrected chi connectivity index (χ0v) is 10.4. The van der Waals surface area contributed by atoms with E-state index in [0.29, 0.717) is 13.1 Å². The smallest absolute Gasteiger partial charge is 0.156 e. The van der Waals surface area contributed by atoms with Crippen molar-refractivity contribution >= 4 is 9.84 Å². The summed E-state index contributed by atoms with van der Waals surface area (Å²) in [5, 5.41) is 3.03. The molecule has 0 saturated heterocycles. The lowest BCUT2D eigenvalue weighted by molar-refractivity contribution is 0.557. The van der Waals surface area contributed by atoms with Crippen LogP contribution in [0.4, 0.5) is 0 Å². The van der Waals surface area contributed by atoms with Gasteiger partial charge in [0.1, 0.15) is 0 Å². The van der Waals surface area contributed by atoms with E-state index in [1.807, 2.05) is 6.92 Å². The lowest BCUT2D eigenvalue weighted by atomic mass is 10.3. The number of nitrogens with one attached hydrogen (secondary N) is 1. The fourth-order valence-corrected chi connectivity index (χ4v) is 1.84. The van der Waals surface area contributed by atoms with Crippen molar-refractivity contribution in [3.8, 4) is 0 Å². The summed E-state index contributed by atoms with van der Waals surface area (Å²) in [6.07, 6.45) is 0. The molecule has 0 atom stereocenters. The molecule has 0 aliphatic carbocycles. The van der Waals surface area contributed by atoms with E-state index in [1.54, 1.807) is 20.8 Å². The second-order valence-electron chi connectivity index (χ2n) is 4.57. The Kier molecular flexibility index (Phi) is 4.81. The summed E-state index contributed by atoms with van der Waals surface area (Å²) in [4.78, 5) is 0. The molecule has 0 saturated carbocycles. The minimum atomic E-state index is -2.99. The highest BCUT2D eigenvalue weighted by Gasteiger charge is 2.27. The van der Waals surface area contributed by atoms with Crippen molar-refractivity contribution in [2.45, 2.75) is 32.4 Å². The fraction of sp³-hybridized carbons (Fsp3) is 0.800. The molecule has 0 radical (unpaired) electrons. The van der Waals surface area contributed by atoms with E-state index in [0.717, 1.165) is 5.57 Å². The number of hydrogen-bond donors (Lipinski definition) is 1. The van der Waals surface area contributed by atoms with Crippen LogP contribution in [0.3, 0.4) is 0 Å². The third-order valence-electron chi connectivity index (χ3n) is 1.91. The Labute approximate surface area is 87.5 Å². The highest BCUT2D eigenvalue weighted by molar-refractivity contribution is 7.92. The third kappa shape index (κ3) is 4.77. The summed E-state index contributed by atoms with van der Waals surface area (Å²) < 4.78 is 22.6. The fourth-order valence-electron chi connectivity index (χ4n) is 0.814. The van der Waals surface area contributed by atoms with Crippen molar-refractivity contribution in [3.05, 3.63) is 12.2 Å². The second-order valence-corrected chi connectivity index (χ2v) is 7.43. The molecule has 0 amide bonds. The van der Waals surface area contributed by atoms with Gasteiger partial charge >= 0.3 is 0 Å². The van der Waals surface area contributed by atoms with E-state index < -0.39 is 14.6 Å². The minimum Gasteiger partial charge on any atom is -0.312 e.